The van der Waals surface area contributed by atoms with Crippen LogP contribution in [0.5, 0.6) is 0 Å². The summed E-state index contributed by atoms with van der Waals surface area (Å²) in [6, 6.07) is 7.58. The van der Waals surface area contributed by atoms with Crippen LogP contribution in [0.25, 0.3) is 0 Å². The van der Waals surface area contributed by atoms with Crippen LogP contribution < -0.4 is 0 Å². The first-order chi connectivity index (χ1) is 20.3. The number of benzene rings is 1. The van der Waals surface area contributed by atoms with E-state index in [2.05, 4.69) is 60.9 Å². The number of nitrogens with zero attached hydrogens (tertiary/aromatic N) is 7. The van der Waals surface area contributed by atoms with E-state index in [1.165, 1.54) is 65.6 Å². The molecule has 0 N–H and O–H groups in total. The Morgan fingerprint density at radius 2 is 1.64 bits per heavy atom. The van der Waals surface area contributed by atoms with Crippen molar-refractivity contribution in [1.29, 1.82) is 0 Å². The predicted molar refractivity (Wildman–Crippen MR) is 165 cm³/mol. The van der Waals surface area contributed by atoms with Gasteiger partial charge in [-0.2, -0.15) is 0 Å². The van der Waals surface area contributed by atoms with Crippen molar-refractivity contribution in [2.75, 3.05) is 53.4 Å². The molecule has 2 saturated heterocycles. The number of piperidine rings is 1. The summed E-state index contributed by atoms with van der Waals surface area (Å²) in [7, 11) is 3.52. The van der Waals surface area contributed by atoms with E-state index in [4.69, 9.17) is 4.74 Å². The number of likely N-dealkylation sites (tertiary alicyclic amines) is 2. The van der Waals surface area contributed by atoms with Crippen molar-refractivity contribution in [3.05, 3.63) is 71.8 Å². The first kappa shape index (κ1) is 30.4. The standard InChI is InChI=1S/C33H49N7O2/c1-27(2)22-37-16-9-33(10-17-37)11-18-38(26-33)14-6-15-39-19-12-34-30(39)24-36(3)25-31-35-13-20-40(31)23-28-7-5-8-29(21-28)32(41)42-4/h5,7-8,12-13,19-21,27H,6,9-11,14-18,22-26H2,1-4H3. The van der Waals surface area contributed by atoms with Gasteiger partial charge in [-0.25, -0.2) is 14.8 Å². The van der Waals surface area contributed by atoms with Gasteiger partial charge in [-0.1, -0.05) is 26.0 Å². The average molecular weight is 576 g/mol. The number of aryl methyl sites for hydroxylation is 1. The summed E-state index contributed by atoms with van der Waals surface area (Å²) in [5, 5.41) is 0. The highest BCUT2D eigenvalue weighted by Crippen LogP contribution is 2.40. The summed E-state index contributed by atoms with van der Waals surface area (Å²) in [6.07, 6.45) is 13.1. The van der Waals surface area contributed by atoms with Gasteiger partial charge in [0.15, 0.2) is 0 Å². The number of imidazole rings is 2. The van der Waals surface area contributed by atoms with Crippen molar-refractivity contribution in [3.8, 4) is 0 Å². The largest absolute Gasteiger partial charge is 0.465 e. The van der Waals surface area contributed by atoms with Crippen molar-refractivity contribution in [1.82, 2.24) is 33.8 Å². The predicted octanol–water partition coefficient (Wildman–Crippen LogP) is 4.38. The smallest absolute Gasteiger partial charge is 0.337 e. The van der Waals surface area contributed by atoms with Crippen molar-refractivity contribution >= 4 is 5.97 Å². The highest BCUT2D eigenvalue weighted by molar-refractivity contribution is 5.89. The van der Waals surface area contributed by atoms with Gasteiger partial charge in [0.2, 0.25) is 0 Å². The molecule has 0 aliphatic carbocycles. The number of ether oxygens (including phenoxy) is 1. The molecule has 3 aromatic rings. The van der Waals surface area contributed by atoms with Gasteiger partial charge >= 0.3 is 5.97 Å². The highest BCUT2D eigenvalue weighted by atomic mass is 16.5. The Hall–Kier alpha value is -3.01. The molecule has 0 bridgehead atoms. The lowest BCUT2D eigenvalue weighted by Crippen LogP contribution is -2.42. The second-order valence-corrected chi connectivity index (χ2v) is 12.9. The number of esters is 1. The zero-order chi connectivity index (χ0) is 29.5. The fraction of sp³-hybridized carbons (Fsp3) is 0.606. The van der Waals surface area contributed by atoms with Crippen molar-refractivity contribution in [3.63, 3.8) is 0 Å². The molecule has 0 saturated carbocycles. The SMILES string of the molecule is COC(=O)c1cccc(Cn2ccnc2CN(C)Cc2nccn2CCCN2CCC3(CCN(CC(C)C)CC3)C2)c1. The molecule has 5 rings (SSSR count). The quantitative estimate of drug-likeness (QED) is 0.280. The molecule has 0 radical (unpaired) electrons. The van der Waals surface area contributed by atoms with Crippen molar-refractivity contribution in [2.45, 2.75) is 65.7 Å². The fourth-order valence-electron chi connectivity index (χ4n) is 6.80. The number of hydrogen-bond donors (Lipinski definition) is 0. The summed E-state index contributed by atoms with van der Waals surface area (Å²) in [6.45, 7) is 15.3. The molecule has 9 nitrogen and oxygen atoms in total. The summed E-state index contributed by atoms with van der Waals surface area (Å²) in [5.41, 5.74) is 2.16. The van der Waals surface area contributed by atoms with Crippen LogP contribution in [-0.2, 0) is 30.9 Å². The number of rotatable bonds is 13. The Morgan fingerprint density at radius 3 is 2.33 bits per heavy atom. The maximum atomic E-state index is 11.9. The topological polar surface area (TPSA) is 71.7 Å². The maximum Gasteiger partial charge on any atom is 0.337 e. The fourth-order valence-corrected chi connectivity index (χ4v) is 6.80. The Morgan fingerprint density at radius 1 is 0.976 bits per heavy atom. The molecule has 4 heterocycles. The third-order valence-electron chi connectivity index (χ3n) is 9.06. The Kier molecular flexibility index (Phi) is 10.1. The molecule has 0 atom stereocenters. The summed E-state index contributed by atoms with van der Waals surface area (Å²) >= 11 is 0. The minimum absolute atomic E-state index is 0.319. The number of carbonyl (C=O) groups is 1. The van der Waals surface area contributed by atoms with Gasteiger partial charge in [0.1, 0.15) is 11.6 Å². The maximum absolute atomic E-state index is 11.9. The molecule has 2 fully saturated rings. The Balaban J connectivity index is 1.07. The molecule has 1 spiro atoms. The van der Waals surface area contributed by atoms with Crippen LogP contribution in [0.15, 0.2) is 49.1 Å². The van der Waals surface area contributed by atoms with Gasteiger partial charge in [0.05, 0.1) is 25.8 Å². The van der Waals surface area contributed by atoms with E-state index < -0.39 is 0 Å². The molecule has 9 heteroatoms. The van der Waals surface area contributed by atoms with E-state index >= 15 is 0 Å². The van der Waals surface area contributed by atoms with Gasteiger partial charge in [-0.3, -0.25) is 4.90 Å². The van der Waals surface area contributed by atoms with E-state index in [0.29, 0.717) is 24.1 Å². The van der Waals surface area contributed by atoms with Gasteiger partial charge < -0.3 is 23.7 Å². The van der Waals surface area contributed by atoms with Gasteiger partial charge in [-0.15, -0.1) is 0 Å². The van der Waals surface area contributed by atoms with Crippen LogP contribution >= 0.6 is 0 Å². The van der Waals surface area contributed by atoms with Crippen LogP contribution in [0.1, 0.15) is 67.1 Å². The lowest BCUT2D eigenvalue weighted by atomic mass is 9.77. The molecule has 1 aromatic carbocycles. The number of hydrogen-bond acceptors (Lipinski definition) is 7. The Labute approximate surface area is 251 Å². The third kappa shape index (κ3) is 7.88. The number of methoxy groups -OCH3 is 1. The average Bonchev–Trinajstić information content (AvgIpc) is 3.71. The summed E-state index contributed by atoms with van der Waals surface area (Å²) in [5.74, 6) is 2.52. The van der Waals surface area contributed by atoms with E-state index in [9.17, 15) is 4.79 Å². The molecule has 228 valence electrons. The highest BCUT2D eigenvalue weighted by Gasteiger charge is 2.40. The third-order valence-corrected chi connectivity index (χ3v) is 9.06. The molecule has 2 aliphatic rings. The van der Waals surface area contributed by atoms with Crippen LogP contribution in [0.4, 0.5) is 0 Å². The lowest BCUT2D eigenvalue weighted by molar-refractivity contribution is 0.0600. The van der Waals surface area contributed by atoms with E-state index in [0.717, 1.165) is 42.6 Å². The first-order valence-corrected chi connectivity index (χ1v) is 15.6. The van der Waals surface area contributed by atoms with Crippen LogP contribution in [-0.4, -0.2) is 93.2 Å². The molecular weight excluding hydrogens is 526 g/mol. The zero-order valence-corrected chi connectivity index (χ0v) is 26.0. The molecular formula is C33H49N7O2. The summed E-state index contributed by atoms with van der Waals surface area (Å²) in [4.78, 5) is 28.9. The number of aromatic nitrogens is 4. The zero-order valence-electron chi connectivity index (χ0n) is 26.0. The van der Waals surface area contributed by atoms with Crippen molar-refractivity contribution in [2.24, 2.45) is 11.3 Å². The normalized spacial score (nSPS) is 17.6. The second-order valence-electron chi connectivity index (χ2n) is 12.9. The van der Waals surface area contributed by atoms with Crippen LogP contribution in [0, 0.1) is 11.3 Å². The van der Waals surface area contributed by atoms with Crippen LogP contribution in [0.2, 0.25) is 0 Å². The molecule has 0 unspecified atom stereocenters. The number of carbonyl (C=O) groups excluding carboxylic acids is 1. The van der Waals surface area contributed by atoms with Crippen LogP contribution in [0.3, 0.4) is 0 Å². The lowest BCUT2D eigenvalue weighted by Gasteiger charge is -2.40. The van der Waals surface area contributed by atoms with E-state index in [-0.39, 0.29) is 5.97 Å². The first-order valence-electron chi connectivity index (χ1n) is 15.6. The van der Waals surface area contributed by atoms with Gasteiger partial charge in [0.25, 0.3) is 0 Å². The van der Waals surface area contributed by atoms with Crippen molar-refractivity contribution < 1.29 is 9.53 Å². The molecule has 2 aromatic heterocycles. The molecule has 42 heavy (non-hydrogen) atoms. The minimum Gasteiger partial charge on any atom is -0.465 e. The van der Waals surface area contributed by atoms with E-state index in [1.807, 2.05) is 36.8 Å². The monoisotopic (exact) mass is 575 g/mol. The van der Waals surface area contributed by atoms with Gasteiger partial charge in [0, 0.05) is 51.0 Å². The van der Waals surface area contributed by atoms with Gasteiger partial charge in [-0.05, 0) is 87.9 Å². The summed E-state index contributed by atoms with van der Waals surface area (Å²) < 4.78 is 9.33. The Bertz CT molecular complexity index is 1290. The second kappa shape index (κ2) is 14.0. The molecule has 0 amide bonds. The minimum atomic E-state index is -0.319. The molecule has 2 aliphatic heterocycles. The van der Waals surface area contributed by atoms with E-state index in [1.54, 1.807) is 6.07 Å².